The number of likely N-dealkylation sites (N-methyl/N-ethyl adjacent to an activating group) is 1. The number of hydrogen-bond donors (Lipinski definition) is 1. The molecule has 1 atom stereocenters. The van der Waals surface area contributed by atoms with E-state index in [1.807, 2.05) is 18.2 Å². The summed E-state index contributed by atoms with van der Waals surface area (Å²) in [6, 6.07) is 9.86. The highest BCUT2D eigenvalue weighted by Crippen LogP contribution is 2.30. The second kappa shape index (κ2) is 7.88. The van der Waals surface area contributed by atoms with Crippen molar-refractivity contribution in [2.45, 2.75) is 37.8 Å². The number of rotatable bonds is 4. The largest absolute Gasteiger partial charge is 0.490 e. The van der Waals surface area contributed by atoms with E-state index >= 15 is 0 Å². The van der Waals surface area contributed by atoms with E-state index in [-0.39, 0.29) is 24.3 Å². The average molecular weight is 381 g/mol. The van der Waals surface area contributed by atoms with Crippen LogP contribution in [0.4, 0.5) is 5.69 Å². The summed E-state index contributed by atoms with van der Waals surface area (Å²) in [5.74, 6) is 0.565. The van der Waals surface area contributed by atoms with Gasteiger partial charge in [-0.3, -0.25) is 14.6 Å². The number of amides is 2. The monoisotopic (exact) mass is 381 g/mol. The van der Waals surface area contributed by atoms with Crippen molar-refractivity contribution in [2.75, 3.05) is 18.6 Å². The summed E-state index contributed by atoms with van der Waals surface area (Å²) in [6.45, 7) is 0.0597. The minimum absolute atomic E-state index is 0.0597. The van der Waals surface area contributed by atoms with Gasteiger partial charge in [0.1, 0.15) is 29.8 Å². The normalized spacial score (nSPS) is 19.5. The second-order valence-corrected chi connectivity index (χ2v) is 7.10. The maximum atomic E-state index is 12.8. The molecule has 1 unspecified atom stereocenters. The first-order valence-corrected chi connectivity index (χ1v) is 9.55. The summed E-state index contributed by atoms with van der Waals surface area (Å²) >= 11 is 0. The number of pyridine rings is 1. The molecule has 2 amide bonds. The smallest absolute Gasteiger partial charge is 0.270 e. The Morgan fingerprint density at radius 1 is 1.25 bits per heavy atom. The number of aromatic nitrogens is 1. The lowest BCUT2D eigenvalue weighted by Crippen LogP contribution is -2.49. The molecule has 7 nitrogen and oxygen atoms in total. The van der Waals surface area contributed by atoms with E-state index in [1.54, 1.807) is 31.4 Å². The van der Waals surface area contributed by atoms with Gasteiger partial charge in [0, 0.05) is 19.3 Å². The standard InChI is InChI=1S/C21H23N3O4/c1-24-18-8-4-5-9-19(18)27-13-17(21(24)26)23-20(25)16-12-15(10-11-22-16)28-14-6-2-3-7-14/h4-5,8-12,14,17H,2-3,6-7,13H2,1H3,(H,23,25). The van der Waals surface area contributed by atoms with E-state index in [2.05, 4.69) is 10.3 Å². The van der Waals surface area contributed by atoms with Crippen LogP contribution in [0.15, 0.2) is 42.6 Å². The molecule has 146 valence electrons. The number of benzene rings is 1. The number of carbonyl (C=O) groups is 2. The molecule has 1 N–H and O–H groups in total. The molecule has 0 spiro atoms. The fourth-order valence-electron chi connectivity index (χ4n) is 3.60. The van der Waals surface area contributed by atoms with Crippen LogP contribution in [0.1, 0.15) is 36.2 Å². The van der Waals surface area contributed by atoms with Crippen LogP contribution in [0.2, 0.25) is 0 Å². The predicted molar refractivity (Wildman–Crippen MR) is 104 cm³/mol. The van der Waals surface area contributed by atoms with Crippen LogP contribution in [0.3, 0.4) is 0 Å². The summed E-state index contributed by atoms with van der Waals surface area (Å²) in [5.41, 5.74) is 0.891. The van der Waals surface area contributed by atoms with Crippen LogP contribution < -0.4 is 19.7 Å². The Bertz CT molecular complexity index is 879. The maximum Gasteiger partial charge on any atom is 0.270 e. The van der Waals surface area contributed by atoms with Crippen LogP contribution in [0.25, 0.3) is 0 Å². The number of ether oxygens (including phenoxy) is 2. The van der Waals surface area contributed by atoms with E-state index in [1.165, 1.54) is 17.7 Å². The van der Waals surface area contributed by atoms with Crippen molar-refractivity contribution in [3.63, 3.8) is 0 Å². The van der Waals surface area contributed by atoms with Crippen molar-refractivity contribution in [1.82, 2.24) is 10.3 Å². The van der Waals surface area contributed by atoms with Gasteiger partial charge in [-0.05, 0) is 43.9 Å². The molecule has 2 aliphatic rings. The molecule has 1 aromatic carbocycles. The van der Waals surface area contributed by atoms with Crippen molar-refractivity contribution in [3.05, 3.63) is 48.3 Å². The van der Waals surface area contributed by atoms with Gasteiger partial charge in [0.25, 0.3) is 11.8 Å². The predicted octanol–water partition coefficient (Wildman–Crippen LogP) is 2.56. The lowest BCUT2D eigenvalue weighted by molar-refractivity contribution is -0.120. The summed E-state index contributed by atoms with van der Waals surface area (Å²) < 4.78 is 11.7. The lowest BCUT2D eigenvalue weighted by Gasteiger charge is -2.20. The van der Waals surface area contributed by atoms with Gasteiger partial charge >= 0.3 is 0 Å². The van der Waals surface area contributed by atoms with E-state index in [0.29, 0.717) is 17.2 Å². The molecule has 2 aromatic rings. The molecule has 0 saturated heterocycles. The van der Waals surface area contributed by atoms with Crippen LogP contribution >= 0.6 is 0 Å². The summed E-state index contributed by atoms with van der Waals surface area (Å²) in [6.07, 6.45) is 6.15. The summed E-state index contributed by atoms with van der Waals surface area (Å²) in [4.78, 5) is 31.1. The van der Waals surface area contributed by atoms with Crippen LogP contribution in [0.5, 0.6) is 11.5 Å². The molecule has 28 heavy (non-hydrogen) atoms. The zero-order valence-electron chi connectivity index (χ0n) is 15.8. The molecule has 2 heterocycles. The Morgan fingerprint density at radius 2 is 2.04 bits per heavy atom. The van der Waals surface area contributed by atoms with Gasteiger partial charge in [-0.2, -0.15) is 0 Å². The average Bonchev–Trinajstić information content (AvgIpc) is 3.19. The number of anilines is 1. The highest BCUT2D eigenvalue weighted by Gasteiger charge is 2.31. The zero-order chi connectivity index (χ0) is 19.5. The number of para-hydroxylation sites is 2. The van der Waals surface area contributed by atoms with Crippen LogP contribution in [0, 0.1) is 0 Å². The Morgan fingerprint density at radius 3 is 2.86 bits per heavy atom. The number of nitrogens with one attached hydrogen (secondary N) is 1. The Kier molecular flexibility index (Phi) is 5.14. The fourth-order valence-corrected chi connectivity index (χ4v) is 3.60. The Labute approximate surface area is 163 Å². The van der Waals surface area contributed by atoms with Gasteiger partial charge in [0.15, 0.2) is 0 Å². The third kappa shape index (κ3) is 3.78. The van der Waals surface area contributed by atoms with Gasteiger partial charge in [-0.1, -0.05) is 12.1 Å². The van der Waals surface area contributed by atoms with Crippen molar-refractivity contribution in [3.8, 4) is 11.5 Å². The number of nitrogens with zero attached hydrogens (tertiary/aromatic N) is 2. The van der Waals surface area contributed by atoms with Gasteiger partial charge in [-0.25, -0.2) is 0 Å². The first-order valence-electron chi connectivity index (χ1n) is 9.55. The molecule has 1 aromatic heterocycles. The third-order valence-electron chi connectivity index (χ3n) is 5.14. The topological polar surface area (TPSA) is 80.8 Å². The lowest BCUT2D eigenvalue weighted by atomic mass is 10.2. The third-order valence-corrected chi connectivity index (χ3v) is 5.14. The Hall–Kier alpha value is -3.09. The molecule has 0 bridgehead atoms. The highest BCUT2D eigenvalue weighted by atomic mass is 16.5. The minimum Gasteiger partial charge on any atom is -0.490 e. The SMILES string of the molecule is CN1C(=O)C(NC(=O)c2cc(OC3CCCC3)ccn2)COc2ccccc21. The summed E-state index contributed by atoms with van der Waals surface area (Å²) in [7, 11) is 1.67. The molecule has 1 fully saturated rings. The van der Waals surface area contributed by atoms with Crippen molar-refractivity contribution in [1.29, 1.82) is 0 Å². The van der Waals surface area contributed by atoms with Crippen LogP contribution in [-0.2, 0) is 4.79 Å². The maximum absolute atomic E-state index is 12.8. The number of carbonyl (C=O) groups excluding carboxylic acids is 2. The first-order chi connectivity index (χ1) is 13.6. The molecular formula is C21H23N3O4. The second-order valence-electron chi connectivity index (χ2n) is 7.10. The first kappa shape index (κ1) is 18.3. The highest BCUT2D eigenvalue weighted by molar-refractivity contribution is 6.02. The van der Waals surface area contributed by atoms with Crippen molar-refractivity contribution < 1.29 is 19.1 Å². The molecular weight excluding hydrogens is 358 g/mol. The summed E-state index contributed by atoms with van der Waals surface area (Å²) in [5, 5.41) is 2.74. The molecule has 4 rings (SSSR count). The number of hydrogen-bond acceptors (Lipinski definition) is 5. The molecule has 1 aliphatic heterocycles. The number of fused-ring (bicyclic) bond motifs is 1. The van der Waals surface area contributed by atoms with Crippen molar-refractivity contribution in [2.24, 2.45) is 0 Å². The van der Waals surface area contributed by atoms with E-state index in [0.717, 1.165) is 12.8 Å². The molecule has 1 saturated carbocycles. The van der Waals surface area contributed by atoms with Crippen LogP contribution in [-0.4, -0.2) is 42.6 Å². The van der Waals surface area contributed by atoms with Crippen molar-refractivity contribution >= 4 is 17.5 Å². The van der Waals surface area contributed by atoms with E-state index in [9.17, 15) is 9.59 Å². The molecule has 1 aliphatic carbocycles. The van der Waals surface area contributed by atoms with E-state index < -0.39 is 11.9 Å². The van der Waals surface area contributed by atoms with E-state index in [4.69, 9.17) is 9.47 Å². The minimum atomic E-state index is -0.800. The zero-order valence-corrected chi connectivity index (χ0v) is 15.8. The van der Waals surface area contributed by atoms with Gasteiger partial charge in [0.05, 0.1) is 11.8 Å². The Balaban J connectivity index is 1.45. The molecule has 7 heteroatoms. The fraction of sp³-hybridized carbons (Fsp3) is 0.381. The van der Waals surface area contributed by atoms with Gasteiger partial charge in [-0.15, -0.1) is 0 Å². The quantitative estimate of drug-likeness (QED) is 0.880. The van der Waals surface area contributed by atoms with Gasteiger partial charge in [0.2, 0.25) is 0 Å². The molecule has 0 radical (unpaired) electrons. The van der Waals surface area contributed by atoms with Gasteiger partial charge < -0.3 is 19.7 Å².